The molecular weight excluding hydrogens is 251 g/mol. The Hall–Kier alpha value is -1.79. The molecule has 0 aliphatic heterocycles. The van der Waals surface area contributed by atoms with Gasteiger partial charge in [-0.2, -0.15) is 13.2 Å². The average molecular weight is 261 g/mol. The van der Waals surface area contributed by atoms with Crippen LogP contribution in [0.1, 0.15) is 29.9 Å². The number of ether oxygens (including phenoxy) is 1. The summed E-state index contributed by atoms with van der Waals surface area (Å²) in [5, 5.41) is 10.7. The highest BCUT2D eigenvalue weighted by atomic mass is 19.4. The van der Waals surface area contributed by atoms with Crippen LogP contribution in [-0.4, -0.2) is 12.0 Å². The van der Waals surface area contributed by atoms with E-state index in [0.717, 1.165) is 6.07 Å². The van der Waals surface area contributed by atoms with Crippen molar-refractivity contribution in [2.45, 2.75) is 24.9 Å². The number of hydrogen-bond acceptors (Lipinski definition) is 3. The Morgan fingerprint density at radius 1 is 1.39 bits per heavy atom. The normalized spacial score (nSPS) is 15.6. The smallest absolute Gasteiger partial charge is 0.416 e. The molecule has 1 fully saturated rings. The van der Waals surface area contributed by atoms with Crippen molar-refractivity contribution in [3.8, 4) is 5.75 Å². The van der Waals surface area contributed by atoms with E-state index in [1.165, 1.54) is 7.11 Å². The molecule has 0 spiro atoms. The molecule has 0 aromatic heterocycles. The van der Waals surface area contributed by atoms with Crippen LogP contribution in [0.2, 0.25) is 0 Å². The van der Waals surface area contributed by atoms with Crippen LogP contribution in [0, 0.1) is 10.1 Å². The number of nitro benzene ring substituents is 1. The largest absolute Gasteiger partial charge is 0.490 e. The molecule has 0 bridgehead atoms. The van der Waals surface area contributed by atoms with E-state index in [1.807, 2.05) is 0 Å². The molecular formula is C11H10F3NO3. The van der Waals surface area contributed by atoms with Gasteiger partial charge in [0.1, 0.15) is 0 Å². The molecule has 1 aliphatic carbocycles. The maximum absolute atomic E-state index is 12.9. The number of alkyl halides is 3. The highest BCUT2D eigenvalue weighted by Gasteiger charge is 2.40. The molecule has 0 amide bonds. The van der Waals surface area contributed by atoms with E-state index in [9.17, 15) is 23.3 Å². The molecule has 1 saturated carbocycles. The minimum Gasteiger partial charge on any atom is -0.490 e. The Kier molecular flexibility index (Phi) is 2.92. The van der Waals surface area contributed by atoms with Crippen LogP contribution < -0.4 is 4.74 Å². The van der Waals surface area contributed by atoms with Gasteiger partial charge < -0.3 is 4.74 Å². The Labute approximate surface area is 101 Å². The van der Waals surface area contributed by atoms with E-state index in [0.29, 0.717) is 18.9 Å². The van der Waals surface area contributed by atoms with Gasteiger partial charge in [0.05, 0.1) is 17.6 Å². The Morgan fingerprint density at radius 3 is 2.39 bits per heavy atom. The van der Waals surface area contributed by atoms with Crippen LogP contribution in [0.25, 0.3) is 0 Å². The first kappa shape index (κ1) is 12.7. The van der Waals surface area contributed by atoms with Gasteiger partial charge in [0.2, 0.25) is 0 Å². The van der Waals surface area contributed by atoms with Gasteiger partial charge in [0, 0.05) is 6.07 Å². The van der Waals surface area contributed by atoms with Crippen LogP contribution in [-0.2, 0) is 6.18 Å². The summed E-state index contributed by atoms with van der Waals surface area (Å²) in [7, 11) is 1.20. The van der Waals surface area contributed by atoms with Crippen molar-refractivity contribution in [3.05, 3.63) is 33.4 Å². The number of methoxy groups -OCH3 is 1. The topological polar surface area (TPSA) is 52.4 Å². The number of nitrogens with zero attached hydrogens (tertiary/aromatic N) is 1. The van der Waals surface area contributed by atoms with Crippen LogP contribution in [0.4, 0.5) is 18.9 Å². The average Bonchev–Trinajstić information content (AvgIpc) is 3.09. The van der Waals surface area contributed by atoms with Crippen molar-refractivity contribution in [2.24, 2.45) is 0 Å². The van der Waals surface area contributed by atoms with Crippen molar-refractivity contribution in [1.29, 1.82) is 0 Å². The van der Waals surface area contributed by atoms with Gasteiger partial charge in [-0.1, -0.05) is 0 Å². The van der Waals surface area contributed by atoms with Crippen molar-refractivity contribution < 1.29 is 22.8 Å². The van der Waals surface area contributed by atoms with Crippen LogP contribution >= 0.6 is 0 Å². The Balaban J connectivity index is 2.62. The third-order valence-corrected chi connectivity index (χ3v) is 2.87. The SMILES string of the molecule is COc1cc(C2CC2)c(C(F)(F)F)cc1[N+](=O)[O-]. The number of nitro groups is 1. The van der Waals surface area contributed by atoms with E-state index in [4.69, 9.17) is 4.74 Å². The molecule has 0 saturated heterocycles. The van der Waals surface area contributed by atoms with E-state index in [2.05, 4.69) is 0 Å². The van der Waals surface area contributed by atoms with Crippen LogP contribution in [0.3, 0.4) is 0 Å². The van der Waals surface area contributed by atoms with E-state index in [-0.39, 0.29) is 17.2 Å². The maximum Gasteiger partial charge on any atom is 0.416 e. The van der Waals surface area contributed by atoms with Gasteiger partial charge in [-0.15, -0.1) is 0 Å². The van der Waals surface area contributed by atoms with E-state index >= 15 is 0 Å². The van der Waals surface area contributed by atoms with Gasteiger partial charge in [-0.05, 0) is 30.4 Å². The van der Waals surface area contributed by atoms with Gasteiger partial charge >= 0.3 is 11.9 Å². The molecule has 2 rings (SSSR count). The van der Waals surface area contributed by atoms with Gasteiger partial charge in [-0.25, -0.2) is 0 Å². The summed E-state index contributed by atoms with van der Waals surface area (Å²) in [6, 6.07) is 1.70. The summed E-state index contributed by atoms with van der Waals surface area (Å²) in [6.07, 6.45) is -3.25. The maximum atomic E-state index is 12.9. The van der Waals surface area contributed by atoms with Crippen LogP contribution in [0.5, 0.6) is 5.75 Å². The minimum absolute atomic E-state index is 0.0879. The number of benzene rings is 1. The third kappa shape index (κ3) is 2.25. The van der Waals surface area contributed by atoms with Gasteiger partial charge in [0.25, 0.3) is 0 Å². The van der Waals surface area contributed by atoms with E-state index < -0.39 is 22.4 Å². The molecule has 1 aromatic carbocycles. The summed E-state index contributed by atoms with van der Waals surface area (Å²) >= 11 is 0. The zero-order valence-corrected chi connectivity index (χ0v) is 9.45. The first-order valence-corrected chi connectivity index (χ1v) is 5.28. The molecule has 1 aromatic rings. The molecule has 1 aliphatic rings. The summed E-state index contributed by atoms with van der Waals surface area (Å²) < 4.78 is 43.3. The number of rotatable bonds is 3. The molecule has 0 heterocycles. The molecule has 0 N–H and O–H groups in total. The second-order valence-corrected chi connectivity index (χ2v) is 4.14. The predicted molar refractivity (Wildman–Crippen MR) is 56.6 cm³/mol. The quantitative estimate of drug-likeness (QED) is 0.618. The minimum atomic E-state index is -4.59. The second-order valence-electron chi connectivity index (χ2n) is 4.14. The van der Waals surface area contributed by atoms with Gasteiger partial charge in [-0.3, -0.25) is 10.1 Å². The summed E-state index contributed by atoms with van der Waals surface area (Å²) in [5.41, 5.74) is -1.50. The Morgan fingerprint density at radius 2 is 2.00 bits per heavy atom. The van der Waals surface area contributed by atoms with Crippen LogP contribution in [0.15, 0.2) is 12.1 Å². The molecule has 98 valence electrons. The monoisotopic (exact) mass is 261 g/mol. The van der Waals surface area contributed by atoms with Crippen molar-refractivity contribution in [2.75, 3.05) is 7.11 Å². The molecule has 18 heavy (non-hydrogen) atoms. The highest BCUT2D eigenvalue weighted by molar-refractivity contribution is 5.54. The van der Waals surface area contributed by atoms with Gasteiger partial charge in [0.15, 0.2) is 5.75 Å². The second kappa shape index (κ2) is 4.15. The molecule has 0 radical (unpaired) electrons. The summed E-state index contributed by atoms with van der Waals surface area (Å²) in [4.78, 5) is 9.84. The number of halogens is 3. The lowest BCUT2D eigenvalue weighted by molar-refractivity contribution is -0.386. The molecule has 4 nitrogen and oxygen atoms in total. The fourth-order valence-electron chi connectivity index (χ4n) is 1.87. The lowest BCUT2D eigenvalue weighted by atomic mass is 10.0. The van der Waals surface area contributed by atoms with Crippen molar-refractivity contribution in [3.63, 3.8) is 0 Å². The lowest BCUT2D eigenvalue weighted by Crippen LogP contribution is -2.10. The van der Waals surface area contributed by atoms with E-state index in [1.54, 1.807) is 0 Å². The zero-order chi connectivity index (χ0) is 13.5. The molecule has 0 atom stereocenters. The predicted octanol–water partition coefficient (Wildman–Crippen LogP) is 3.50. The lowest BCUT2D eigenvalue weighted by Gasteiger charge is -2.13. The molecule has 7 heteroatoms. The fourth-order valence-corrected chi connectivity index (χ4v) is 1.87. The first-order chi connectivity index (χ1) is 8.34. The Bertz CT molecular complexity index is 495. The highest BCUT2D eigenvalue weighted by Crippen LogP contribution is 2.48. The van der Waals surface area contributed by atoms with Crippen molar-refractivity contribution in [1.82, 2.24) is 0 Å². The zero-order valence-electron chi connectivity index (χ0n) is 9.45. The molecule has 0 unspecified atom stereocenters. The van der Waals surface area contributed by atoms with Crippen molar-refractivity contribution >= 4 is 5.69 Å². The number of hydrogen-bond donors (Lipinski definition) is 0. The third-order valence-electron chi connectivity index (χ3n) is 2.87. The standard InChI is InChI=1S/C11H10F3NO3/c1-18-10-4-7(6-2-3-6)8(11(12,13)14)5-9(10)15(16)17/h4-6H,2-3H2,1H3. The summed E-state index contributed by atoms with van der Waals surface area (Å²) in [5.74, 6) is -0.300. The first-order valence-electron chi connectivity index (χ1n) is 5.28. The fraction of sp³-hybridized carbons (Fsp3) is 0.455. The summed E-state index contributed by atoms with van der Waals surface area (Å²) in [6.45, 7) is 0.